The number of carbonyl (C=O) groups is 1. The lowest BCUT2D eigenvalue weighted by atomic mass is 9.91. The molecular weight excluding hydrogens is 453 g/mol. The van der Waals surface area contributed by atoms with E-state index in [0.29, 0.717) is 28.9 Å². The minimum absolute atomic E-state index is 0.0248. The van der Waals surface area contributed by atoms with Crippen LogP contribution >= 0.6 is 0 Å². The molecule has 7 nitrogen and oxygen atoms in total. The van der Waals surface area contributed by atoms with Gasteiger partial charge in [-0.2, -0.15) is 0 Å². The van der Waals surface area contributed by atoms with Crippen molar-refractivity contribution >= 4 is 5.97 Å². The van der Waals surface area contributed by atoms with Crippen LogP contribution in [0, 0.1) is 11.7 Å². The number of carboxylic acid groups (broad SMARTS) is 1. The van der Waals surface area contributed by atoms with Crippen LogP contribution in [0.2, 0.25) is 0 Å². The number of carboxylic acids is 1. The van der Waals surface area contributed by atoms with Gasteiger partial charge in [-0.3, -0.25) is 4.79 Å². The van der Waals surface area contributed by atoms with Gasteiger partial charge in [0.25, 0.3) is 0 Å². The molecule has 2 aliphatic carbocycles. The topological polar surface area (TPSA) is 91.0 Å². The predicted octanol–water partition coefficient (Wildman–Crippen LogP) is 5.97. The average molecular weight is 482 g/mol. The summed E-state index contributed by atoms with van der Waals surface area (Å²) in [6.45, 7) is 0.0631. The molecule has 0 saturated heterocycles. The Balaban J connectivity index is 1.38. The minimum atomic E-state index is -0.800. The maximum absolute atomic E-state index is 14.7. The Morgan fingerprint density at radius 3 is 2.69 bits per heavy atom. The highest BCUT2D eigenvalue weighted by molar-refractivity contribution is 5.68. The van der Waals surface area contributed by atoms with Gasteiger partial charge in [-0.05, 0) is 79.8 Å². The fourth-order valence-corrected chi connectivity index (χ4v) is 4.39. The molecule has 1 aromatic heterocycles. The zero-order valence-electron chi connectivity index (χ0n) is 19.5. The van der Waals surface area contributed by atoms with Crippen LogP contribution < -0.4 is 14.2 Å². The van der Waals surface area contributed by atoms with E-state index in [9.17, 15) is 14.3 Å². The number of benzene rings is 2. The second-order valence-corrected chi connectivity index (χ2v) is 9.21. The van der Waals surface area contributed by atoms with E-state index < -0.39 is 11.8 Å². The van der Waals surface area contributed by atoms with Crippen LogP contribution in [0.1, 0.15) is 55.7 Å². The van der Waals surface area contributed by atoms with E-state index in [4.69, 9.17) is 18.7 Å². The third-order valence-electron chi connectivity index (χ3n) is 6.72. The van der Waals surface area contributed by atoms with Gasteiger partial charge < -0.3 is 23.8 Å². The van der Waals surface area contributed by atoms with E-state index in [1.165, 1.54) is 19.2 Å². The number of aromatic nitrogens is 1. The van der Waals surface area contributed by atoms with Crippen molar-refractivity contribution in [3.63, 3.8) is 0 Å². The Kier molecular flexibility index (Phi) is 6.61. The van der Waals surface area contributed by atoms with E-state index in [2.05, 4.69) is 5.16 Å². The summed E-state index contributed by atoms with van der Waals surface area (Å²) in [6, 6.07) is 11.9. The van der Waals surface area contributed by atoms with Gasteiger partial charge in [-0.25, -0.2) is 4.39 Å². The first-order chi connectivity index (χ1) is 17.0. The number of aliphatic carboxylic acids is 1. The van der Waals surface area contributed by atoms with Gasteiger partial charge in [0.15, 0.2) is 11.4 Å². The molecule has 0 unspecified atom stereocenters. The van der Waals surface area contributed by atoms with Crippen LogP contribution in [0.4, 0.5) is 4.39 Å². The fraction of sp³-hybridized carbons (Fsp3) is 0.407. The number of hydrogen-bond acceptors (Lipinski definition) is 6. The molecular formula is C27H28FNO6. The van der Waals surface area contributed by atoms with Crippen molar-refractivity contribution in [3.8, 4) is 28.6 Å². The lowest BCUT2D eigenvalue weighted by Crippen LogP contribution is -2.25. The zero-order valence-corrected chi connectivity index (χ0v) is 19.5. The molecule has 1 atom stereocenters. The standard InChI is InChI=1S/C27H28FNO6/c1-32-19-10-11-23(28)22(13-19)26-27(34-18-5-3-6-18)24(29-35-26)15-33-20-7-2-4-17(12-20)21(14-25(30)31)16-8-9-16/h2,4,7,10-13,16,18,21H,3,5-6,8-9,14-15H2,1H3,(H,30,31)/t21-/m0/s1. The second-order valence-electron chi connectivity index (χ2n) is 9.21. The van der Waals surface area contributed by atoms with Gasteiger partial charge in [0, 0.05) is 0 Å². The molecule has 8 heteroatoms. The Bertz CT molecular complexity index is 1200. The molecule has 0 aliphatic heterocycles. The Morgan fingerprint density at radius 1 is 1.17 bits per heavy atom. The largest absolute Gasteiger partial charge is 0.497 e. The number of nitrogens with zero attached hydrogens (tertiary/aromatic N) is 1. The lowest BCUT2D eigenvalue weighted by Gasteiger charge is -2.26. The third-order valence-corrected chi connectivity index (χ3v) is 6.72. The van der Waals surface area contributed by atoms with Crippen molar-refractivity contribution < 1.29 is 33.0 Å². The zero-order chi connectivity index (χ0) is 24.4. The summed E-state index contributed by atoms with van der Waals surface area (Å²) in [5, 5.41) is 13.5. The molecule has 184 valence electrons. The second kappa shape index (κ2) is 9.98. The molecule has 1 heterocycles. The smallest absolute Gasteiger partial charge is 0.303 e. The molecule has 2 aromatic carbocycles. The number of ether oxygens (including phenoxy) is 3. The number of methoxy groups -OCH3 is 1. The van der Waals surface area contributed by atoms with Crippen molar-refractivity contribution in [1.29, 1.82) is 0 Å². The molecule has 0 bridgehead atoms. The molecule has 2 saturated carbocycles. The van der Waals surface area contributed by atoms with Crippen molar-refractivity contribution in [2.75, 3.05) is 7.11 Å². The molecule has 0 amide bonds. The first-order valence-electron chi connectivity index (χ1n) is 12.0. The monoisotopic (exact) mass is 481 g/mol. The maximum atomic E-state index is 14.7. The fourth-order valence-electron chi connectivity index (χ4n) is 4.39. The molecule has 0 radical (unpaired) electrons. The third kappa shape index (κ3) is 5.26. The van der Waals surface area contributed by atoms with Crippen molar-refractivity contribution in [1.82, 2.24) is 5.16 Å². The summed E-state index contributed by atoms with van der Waals surface area (Å²) in [5.74, 6) is 0.786. The van der Waals surface area contributed by atoms with Crippen LogP contribution in [-0.2, 0) is 11.4 Å². The van der Waals surface area contributed by atoms with Gasteiger partial charge in [0.1, 0.15) is 23.9 Å². The van der Waals surface area contributed by atoms with E-state index >= 15 is 0 Å². The summed E-state index contributed by atoms with van der Waals surface area (Å²) in [4.78, 5) is 11.4. The van der Waals surface area contributed by atoms with Crippen LogP contribution in [0.25, 0.3) is 11.3 Å². The summed E-state index contributed by atoms with van der Waals surface area (Å²) in [5.41, 5.74) is 1.60. The highest BCUT2D eigenvalue weighted by atomic mass is 19.1. The summed E-state index contributed by atoms with van der Waals surface area (Å²) in [7, 11) is 1.51. The Labute approximate surface area is 202 Å². The van der Waals surface area contributed by atoms with Crippen LogP contribution in [0.15, 0.2) is 47.0 Å². The molecule has 35 heavy (non-hydrogen) atoms. The average Bonchev–Trinajstić information content (AvgIpc) is 3.59. The highest BCUT2D eigenvalue weighted by Crippen LogP contribution is 2.45. The summed E-state index contributed by atoms with van der Waals surface area (Å²) >= 11 is 0. The molecule has 2 aliphatic rings. The first kappa shape index (κ1) is 23.2. The summed E-state index contributed by atoms with van der Waals surface area (Å²) in [6.07, 6.45) is 5.14. The van der Waals surface area contributed by atoms with E-state index in [-0.39, 0.29) is 36.4 Å². The lowest BCUT2D eigenvalue weighted by molar-refractivity contribution is -0.137. The minimum Gasteiger partial charge on any atom is -0.497 e. The van der Waals surface area contributed by atoms with E-state index in [1.54, 1.807) is 6.07 Å². The van der Waals surface area contributed by atoms with Crippen LogP contribution in [0.5, 0.6) is 17.2 Å². The quantitative estimate of drug-likeness (QED) is 0.361. The Morgan fingerprint density at radius 2 is 2.00 bits per heavy atom. The summed E-state index contributed by atoms with van der Waals surface area (Å²) < 4.78 is 37.6. The number of hydrogen-bond donors (Lipinski definition) is 1. The van der Waals surface area contributed by atoms with E-state index in [1.807, 2.05) is 24.3 Å². The van der Waals surface area contributed by atoms with Gasteiger partial charge >= 0.3 is 5.97 Å². The van der Waals surface area contributed by atoms with Crippen molar-refractivity contribution in [2.24, 2.45) is 5.92 Å². The molecule has 1 N–H and O–H groups in total. The van der Waals surface area contributed by atoms with Crippen molar-refractivity contribution in [2.45, 2.75) is 57.2 Å². The predicted molar refractivity (Wildman–Crippen MR) is 125 cm³/mol. The van der Waals surface area contributed by atoms with Crippen LogP contribution in [0.3, 0.4) is 0 Å². The number of rotatable bonds is 11. The number of halogens is 1. The van der Waals surface area contributed by atoms with E-state index in [0.717, 1.165) is 37.7 Å². The maximum Gasteiger partial charge on any atom is 0.303 e. The SMILES string of the molecule is COc1ccc(F)c(-c2onc(COc3cccc([C@@H](CC(=O)O)C4CC4)c3)c2OC2CCC2)c1. The molecule has 0 spiro atoms. The Hall–Kier alpha value is -3.55. The normalized spacial score (nSPS) is 16.4. The van der Waals surface area contributed by atoms with Gasteiger partial charge in [0.05, 0.1) is 25.2 Å². The van der Waals surface area contributed by atoms with Gasteiger partial charge in [0.2, 0.25) is 5.76 Å². The van der Waals surface area contributed by atoms with Crippen molar-refractivity contribution in [3.05, 3.63) is 59.5 Å². The molecule has 2 fully saturated rings. The van der Waals surface area contributed by atoms with Gasteiger partial charge in [-0.15, -0.1) is 0 Å². The first-order valence-corrected chi connectivity index (χ1v) is 12.0. The van der Waals surface area contributed by atoms with Crippen LogP contribution in [-0.4, -0.2) is 29.4 Å². The highest BCUT2D eigenvalue weighted by Gasteiger charge is 2.34. The molecule has 3 aromatic rings. The molecule has 5 rings (SSSR count). The van der Waals surface area contributed by atoms with Gasteiger partial charge in [-0.1, -0.05) is 17.3 Å².